The second-order valence-electron chi connectivity index (χ2n) is 6.04. The number of benzene rings is 1. The third kappa shape index (κ3) is 2.93. The first-order chi connectivity index (χ1) is 9.36. The van der Waals surface area contributed by atoms with Crippen molar-refractivity contribution < 1.29 is 4.74 Å². The van der Waals surface area contributed by atoms with Gasteiger partial charge in [-0.25, -0.2) is 0 Å². The highest BCUT2D eigenvalue weighted by Crippen LogP contribution is 2.33. The molecule has 1 heterocycles. The zero-order valence-corrected chi connectivity index (χ0v) is 11.5. The molecule has 1 saturated carbocycles. The molecule has 0 amide bonds. The Bertz CT molecular complexity index is 415. The Labute approximate surface area is 115 Å². The van der Waals surface area contributed by atoms with Gasteiger partial charge >= 0.3 is 0 Å². The van der Waals surface area contributed by atoms with Crippen molar-refractivity contribution in [2.45, 2.75) is 44.6 Å². The molecule has 0 spiro atoms. The number of nitrogens with two attached hydrogens (primary N) is 1. The first kappa shape index (κ1) is 12.9. The number of hydrazine groups is 1. The molecule has 0 aromatic heterocycles. The lowest BCUT2D eigenvalue weighted by molar-refractivity contribution is 0.169. The molecule has 0 bridgehead atoms. The van der Waals surface area contributed by atoms with Gasteiger partial charge in [-0.05, 0) is 30.4 Å². The average Bonchev–Trinajstić information content (AvgIpc) is 2.97. The molecule has 1 fully saturated rings. The third-order valence-electron chi connectivity index (χ3n) is 4.75. The predicted molar refractivity (Wildman–Crippen MR) is 76.8 cm³/mol. The Morgan fingerprint density at radius 1 is 1.26 bits per heavy atom. The number of nitrogens with one attached hydrogen (secondary N) is 1. The van der Waals surface area contributed by atoms with Crippen molar-refractivity contribution in [1.82, 2.24) is 5.43 Å². The van der Waals surface area contributed by atoms with Crippen molar-refractivity contribution in [3.8, 4) is 5.75 Å². The lowest BCUT2D eigenvalue weighted by Crippen LogP contribution is -2.46. The Kier molecular flexibility index (Phi) is 4.04. The zero-order chi connectivity index (χ0) is 13.1. The summed E-state index contributed by atoms with van der Waals surface area (Å²) >= 11 is 0. The van der Waals surface area contributed by atoms with Crippen LogP contribution in [0.15, 0.2) is 24.3 Å². The van der Waals surface area contributed by atoms with Crippen LogP contribution in [0, 0.1) is 11.8 Å². The summed E-state index contributed by atoms with van der Waals surface area (Å²) in [6.07, 6.45) is 7.83. The van der Waals surface area contributed by atoms with Crippen LogP contribution >= 0.6 is 0 Å². The summed E-state index contributed by atoms with van der Waals surface area (Å²) in [5.74, 6) is 8.21. The van der Waals surface area contributed by atoms with Gasteiger partial charge in [-0.3, -0.25) is 11.3 Å². The highest BCUT2D eigenvalue weighted by molar-refractivity contribution is 5.35. The van der Waals surface area contributed by atoms with Gasteiger partial charge < -0.3 is 4.74 Å². The van der Waals surface area contributed by atoms with E-state index in [0.717, 1.165) is 24.7 Å². The Morgan fingerprint density at radius 3 is 2.84 bits per heavy atom. The van der Waals surface area contributed by atoms with Crippen LogP contribution in [0.5, 0.6) is 5.75 Å². The van der Waals surface area contributed by atoms with Crippen LogP contribution in [0.2, 0.25) is 0 Å². The molecule has 104 valence electrons. The molecule has 3 N–H and O–H groups in total. The topological polar surface area (TPSA) is 47.3 Å². The van der Waals surface area contributed by atoms with Gasteiger partial charge in [0.1, 0.15) is 5.75 Å². The highest BCUT2D eigenvalue weighted by Gasteiger charge is 2.29. The summed E-state index contributed by atoms with van der Waals surface area (Å²) in [5.41, 5.74) is 4.37. The van der Waals surface area contributed by atoms with Gasteiger partial charge in [0.25, 0.3) is 0 Å². The van der Waals surface area contributed by atoms with E-state index in [4.69, 9.17) is 10.6 Å². The molecule has 19 heavy (non-hydrogen) atoms. The van der Waals surface area contributed by atoms with Crippen LogP contribution in [0.1, 0.15) is 37.7 Å². The van der Waals surface area contributed by atoms with E-state index in [1.807, 2.05) is 6.07 Å². The Balaban J connectivity index is 1.64. The molecule has 1 aliphatic heterocycles. The maximum atomic E-state index is 5.89. The summed E-state index contributed by atoms with van der Waals surface area (Å²) < 4.78 is 5.89. The molecule has 2 unspecified atom stereocenters. The van der Waals surface area contributed by atoms with Crippen LogP contribution in [-0.4, -0.2) is 12.6 Å². The fourth-order valence-electron chi connectivity index (χ4n) is 3.61. The number of hydrogen-bond acceptors (Lipinski definition) is 3. The predicted octanol–water partition coefficient (Wildman–Crippen LogP) is 2.65. The molecular weight excluding hydrogens is 236 g/mol. The first-order valence-electron chi connectivity index (χ1n) is 7.53. The van der Waals surface area contributed by atoms with Crippen LogP contribution in [0.4, 0.5) is 0 Å². The van der Waals surface area contributed by atoms with E-state index in [1.54, 1.807) is 0 Å². The Hall–Kier alpha value is -1.06. The van der Waals surface area contributed by atoms with Gasteiger partial charge in [0.05, 0.1) is 6.61 Å². The second kappa shape index (κ2) is 5.93. The lowest BCUT2D eigenvalue weighted by atomic mass is 9.85. The van der Waals surface area contributed by atoms with E-state index in [-0.39, 0.29) is 0 Å². The smallest absolute Gasteiger partial charge is 0.122 e. The van der Waals surface area contributed by atoms with Crippen molar-refractivity contribution in [3.05, 3.63) is 29.8 Å². The number of ether oxygens (including phenoxy) is 1. The SMILES string of the molecule is NNC(CC1CCCC1)C1COc2ccccc2C1. The van der Waals surface area contributed by atoms with Crippen molar-refractivity contribution in [3.63, 3.8) is 0 Å². The number of hydrogen-bond donors (Lipinski definition) is 2. The maximum absolute atomic E-state index is 5.89. The molecule has 1 aromatic carbocycles. The van der Waals surface area contributed by atoms with E-state index in [2.05, 4.69) is 23.6 Å². The number of para-hydroxylation sites is 1. The summed E-state index contributed by atoms with van der Waals surface area (Å²) in [4.78, 5) is 0. The fraction of sp³-hybridized carbons (Fsp3) is 0.625. The molecule has 3 heteroatoms. The highest BCUT2D eigenvalue weighted by atomic mass is 16.5. The number of rotatable bonds is 4. The monoisotopic (exact) mass is 260 g/mol. The van der Waals surface area contributed by atoms with Gasteiger partial charge in [0, 0.05) is 12.0 Å². The van der Waals surface area contributed by atoms with Crippen molar-refractivity contribution >= 4 is 0 Å². The zero-order valence-electron chi connectivity index (χ0n) is 11.5. The van der Waals surface area contributed by atoms with E-state index in [1.165, 1.54) is 37.7 Å². The molecule has 0 saturated heterocycles. The third-order valence-corrected chi connectivity index (χ3v) is 4.75. The van der Waals surface area contributed by atoms with Crippen molar-refractivity contribution in [2.75, 3.05) is 6.61 Å². The van der Waals surface area contributed by atoms with E-state index >= 15 is 0 Å². The van der Waals surface area contributed by atoms with Gasteiger partial charge in [-0.1, -0.05) is 43.9 Å². The summed E-state index contributed by atoms with van der Waals surface area (Å²) in [5, 5.41) is 0. The molecule has 0 radical (unpaired) electrons. The van der Waals surface area contributed by atoms with Crippen LogP contribution in [0.3, 0.4) is 0 Å². The summed E-state index contributed by atoms with van der Waals surface area (Å²) in [6.45, 7) is 0.790. The maximum Gasteiger partial charge on any atom is 0.122 e. The van der Waals surface area contributed by atoms with Crippen molar-refractivity contribution in [1.29, 1.82) is 0 Å². The van der Waals surface area contributed by atoms with E-state index in [0.29, 0.717) is 12.0 Å². The molecule has 2 atom stereocenters. The molecule has 3 nitrogen and oxygen atoms in total. The fourth-order valence-corrected chi connectivity index (χ4v) is 3.61. The first-order valence-corrected chi connectivity index (χ1v) is 7.53. The van der Waals surface area contributed by atoms with Crippen LogP contribution in [-0.2, 0) is 6.42 Å². The largest absolute Gasteiger partial charge is 0.493 e. The molecule has 1 aromatic rings. The second-order valence-corrected chi connectivity index (χ2v) is 6.04. The van der Waals surface area contributed by atoms with Gasteiger partial charge in [0.15, 0.2) is 0 Å². The molecule has 2 aliphatic rings. The van der Waals surface area contributed by atoms with Gasteiger partial charge in [0.2, 0.25) is 0 Å². The molecule has 3 rings (SSSR count). The van der Waals surface area contributed by atoms with E-state index in [9.17, 15) is 0 Å². The lowest BCUT2D eigenvalue weighted by Gasteiger charge is -2.32. The minimum atomic E-state index is 0.386. The number of fused-ring (bicyclic) bond motifs is 1. The Morgan fingerprint density at radius 2 is 2.05 bits per heavy atom. The normalized spacial score (nSPS) is 24.8. The minimum Gasteiger partial charge on any atom is -0.493 e. The van der Waals surface area contributed by atoms with Gasteiger partial charge in [-0.15, -0.1) is 0 Å². The summed E-state index contributed by atoms with van der Waals surface area (Å²) in [7, 11) is 0. The minimum absolute atomic E-state index is 0.386. The molecule has 1 aliphatic carbocycles. The van der Waals surface area contributed by atoms with E-state index < -0.39 is 0 Å². The quantitative estimate of drug-likeness (QED) is 0.646. The average molecular weight is 260 g/mol. The standard InChI is InChI=1S/C16H24N2O/c17-18-15(9-12-5-1-2-6-12)14-10-13-7-3-4-8-16(13)19-11-14/h3-4,7-8,12,14-15,18H,1-2,5-6,9-11,17H2. The summed E-state index contributed by atoms with van der Waals surface area (Å²) in [6, 6.07) is 8.75. The van der Waals surface area contributed by atoms with Crippen molar-refractivity contribution in [2.24, 2.45) is 17.7 Å². The van der Waals surface area contributed by atoms with Gasteiger partial charge in [-0.2, -0.15) is 0 Å². The van der Waals surface area contributed by atoms with Crippen LogP contribution in [0.25, 0.3) is 0 Å². The van der Waals surface area contributed by atoms with Crippen LogP contribution < -0.4 is 16.0 Å². The molecular formula is C16H24N2O.